The highest BCUT2D eigenvalue weighted by molar-refractivity contribution is 6.32. The van der Waals surface area contributed by atoms with Crippen LogP contribution in [-0.4, -0.2) is 29.6 Å². The van der Waals surface area contributed by atoms with Crippen LogP contribution in [0.5, 0.6) is 5.75 Å². The second-order valence-corrected chi connectivity index (χ2v) is 5.36. The monoisotopic (exact) mass is 317 g/mol. The molecule has 1 amide bonds. The number of carbonyl (C=O) groups excluding carboxylic acids is 1. The summed E-state index contributed by atoms with van der Waals surface area (Å²) >= 11 is 5.75. The normalized spacial score (nSPS) is 12.0. The summed E-state index contributed by atoms with van der Waals surface area (Å²) in [6.07, 6.45) is 0.318. The van der Waals surface area contributed by atoms with Crippen LogP contribution in [0.15, 0.2) is 18.2 Å². The van der Waals surface area contributed by atoms with Gasteiger partial charge in [-0.2, -0.15) is 0 Å². The van der Waals surface area contributed by atoms with E-state index in [1.54, 1.807) is 0 Å². The Morgan fingerprint density at radius 2 is 2.10 bits per heavy atom. The van der Waals surface area contributed by atoms with E-state index in [0.717, 1.165) is 12.1 Å². The number of carboxylic acids is 1. The van der Waals surface area contributed by atoms with Crippen molar-refractivity contribution in [3.63, 3.8) is 0 Å². The summed E-state index contributed by atoms with van der Waals surface area (Å²) < 4.78 is 18.0. The van der Waals surface area contributed by atoms with Crippen molar-refractivity contribution in [3.8, 4) is 5.75 Å². The van der Waals surface area contributed by atoms with Crippen LogP contribution in [0.25, 0.3) is 0 Å². The largest absolute Gasteiger partial charge is 0.482 e. The SMILES string of the molecule is CC(C)C[C@H](NC(=O)COc1ccc(F)cc1Cl)C(=O)O. The van der Waals surface area contributed by atoms with Crippen molar-refractivity contribution in [2.45, 2.75) is 26.3 Å². The number of carboxylic acid groups (broad SMARTS) is 1. The summed E-state index contributed by atoms with van der Waals surface area (Å²) in [5.74, 6) is -1.91. The molecule has 116 valence electrons. The second kappa shape index (κ2) is 7.83. The number of rotatable bonds is 7. The molecule has 0 aliphatic rings. The summed E-state index contributed by atoms with van der Waals surface area (Å²) in [7, 11) is 0. The summed E-state index contributed by atoms with van der Waals surface area (Å²) in [5.41, 5.74) is 0. The van der Waals surface area contributed by atoms with Gasteiger partial charge in [0, 0.05) is 0 Å². The maximum atomic E-state index is 12.8. The van der Waals surface area contributed by atoms with Crippen LogP contribution in [-0.2, 0) is 9.59 Å². The Kier molecular flexibility index (Phi) is 6.42. The van der Waals surface area contributed by atoms with Crippen LogP contribution in [0, 0.1) is 11.7 Å². The third kappa shape index (κ3) is 5.99. The summed E-state index contributed by atoms with van der Waals surface area (Å²) in [6.45, 7) is 3.32. The van der Waals surface area contributed by atoms with Crippen molar-refractivity contribution < 1.29 is 23.8 Å². The number of benzene rings is 1. The summed E-state index contributed by atoms with van der Waals surface area (Å²) in [4.78, 5) is 22.7. The standard InChI is InChI=1S/C14H17ClFNO4/c1-8(2)5-11(14(19)20)17-13(18)7-21-12-4-3-9(16)6-10(12)15/h3-4,6,8,11H,5,7H2,1-2H3,(H,17,18)(H,19,20)/t11-/m0/s1. The lowest BCUT2D eigenvalue weighted by atomic mass is 10.0. The van der Waals surface area contributed by atoms with E-state index in [-0.39, 0.29) is 16.7 Å². The Hall–Kier alpha value is -1.82. The maximum Gasteiger partial charge on any atom is 0.326 e. The lowest BCUT2D eigenvalue weighted by Crippen LogP contribution is -2.43. The molecule has 1 atom stereocenters. The highest BCUT2D eigenvalue weighted by atomic mass is 35.5. The van der Waals surface area contributed by atoms with E-state index in [1.165, 1.54) is 6.07 Å². The van der Waals surface area contributed by atoms with Crippen LogP contribution in [0.4, 0.5) is 4.39 Å². The number of aliphatic carboxylic acids is 1. The zero-order valence-corrected chi connectivity index (χ0v) is 12.5. The van der Waals surface area contributed by atoms with E-state index in [2.05, 4.69) is 5.32 Å². The van der Waals surface area contributed by atoms with Gasteiger partial charge in [0.25, 0.3) is 5.91 Å². The van der Waals surface area contributed by atoms with E-state index < -0.39 is 30.3 Å². The molecule has 0 aromatic heterocycles. The minimum absolute atomic E-state index is 0.0414. The second-order valence-electron chi connectivity index (χ2n) is 4.95. The molecule has 5 nitrogen and oxygen atoms in total. The molecule has 0 spiro atoms. The quantitative estimate of drug-likeness (QED) is 0.810. The van der Waals surface area contributed by atoms with Crippen molar-refractivity contribution >= 4 is 23.5 Å². The van der Waals surface area contributed by atoms with E-state index in [1.807, 2.05) is 13.8 Å². The average molecular weight is 318 g/mol. The fraction of sp³-hybridized carbons (Fsp3) is 0.429. The van der Waals surface area contributed by atoms with Crippen LogP contribution in [0.1, 0.15) is 20.3 Å². The van der Waals surface area contributed by atoms with E-state index >= 15 is 0 Å². The van der Waals surface area contributed by atoms with Crippen LogP contribution in [0.3, 0.4) is 0 Å². The molecule has 0 fully saturated rings. The molecule has 1 rings (SSSR count). The maximum absolute atomic E-state index is 12.8. The smallest absolute Gasteiger partial charge is 0.326 e. The Balaban J connectivity index is 2.54. The van der Waals surface area contributed by atoms with Gasteiger partial charge in [-0.25, -0.2) is 9.18 Å². The molecule has 0 aliphatic heterocycles. The predicted octanol–water partition coefficient (Wildman–Crippen LogP) is 2.47. The third-order valence-electron chi connectivity index (χ3n) is 2.59. The number of nitrogens with one attached hydrogen (secondary N) is 1. The molecule has 0 bridgehead atoms. The van der Waals surface area contributed by atoms with Gasteiger partial charge in [0.15, 0.2) is 6.61 Å². The minimum Gasteiger partial charge on any atom is -0.482 e. The van der Waals surface area contributed by atoms with Gasteiger partial charge in [-0.1, -0.05) is 25.4 Å². The van der Waals surface area contributed by atoms with Crippen molar-refractivity contribution in [2.75, 3.05) is 6.61 Å². The molecule has 1 aromatic carbocycles. The first-order chi connectivity index (χ1) is 9.79. The molecule has 0 unspecified atom stereocenters. The number of amides is 1. The Morgan fingerprint density at radius 1 is 1.43 bits per heavy atom. The number of ether oxygens (including phenoxy) is 1. The van der Waals surface area contributed by atoms with E-state index in [4.69, 9.17) is 21.4 Å². The number of halogens is 2. The van der Waals surface area contributed by atoms with Gasteiger partial charge in [0.2, 0.25) is 0 Å². The van der Waals surface area contributed by atoms with Crippen molar-refractivity contribution in [1.82, 2.24) is 5.32 Å². The van der Waals surface area contributed by atoms with Gasteiger partial charge in [0.1, 0.15) is 17.6 Å². The van der Waals surface area contributed by atoms with E-state index in [9.17, 15) is 14.0 Å². The lowest BCUT2D eigenvalue weighted by Gasteiger charge is -2.16. The highest BCUT2D eigenvalue weighted by Crippen LogP contribution is 2.24. The Morgan fingerprint density at radius 3 is 2.62 bits per heavy atom. The fourth-order valence-corrected chi connectivity index (χ4v) is 1.89. The topological polar surface area (TPSA) is 75.6 Å². The summed E-state index contributed by atoms with van der Waals surface area (Å²) in [5, 5.41) is 11.4. The molecule has 0 aliphatic carbocycles. The number of hydrogen-bond acceptors (Lipinski definition) is 3. The third-order valence-corrected chi connectivity index (χ3v) is 2.89. The van der Waals surface area contributed by atoms with Gasteiger partial charge in [-0.3, -0.25) is 4.79 Å². The molecule has 0 heterocycles. The first-order valence-corrected chi connectivity index (χ1v) is 6.77. The van der Waals surface area contributed by atoms with Gasteiger partial charge < -0.3 is 15.2 Å². The van der Waals surface area contributed by atoms with Gasteiger partial charge >= 0.3 is 5.97 Å². The van der Waals surface area contributed by atoms with E-state index in [0.29, 0.717) is 6.42 Å². The van der Waals surface area contributed by atoms with Crippen LogP contribution in [0.2, 0.25) is 5.02 Å². The fourth-order valence-electron chi connectivity index (χ4n) is 1.66. The van der Waals surface area contributed by atoms with Gasteiger partial charge in [-0.05, 0) is 30.5 Å². The molecule has 7 heteroatoms. The van der Waals surface area contributed by atoms with Gasteiger partial charge in [-0.15, -0.1) is 0 Å². The molecular weight excluding hydrogens is 301 g/mol. The molecule has 21 heavy (non-hydrogen) atoms. The first kappa shape index (κ1) is 17.2. The lowest BCUT2D eigenvalue weighted by molar-refractivity contribution is -0.142. The molecule has 0 saturated heterocycles. The van der Waals surface area contributed by atoms with Crippen molar-refractivity contribution in [1.29, 1.82) is 0 Å². The zero-order valence-electron chi connectivity index (χ0n) is 11.7. The Labute approximate surface area is 127 Å². The summed E-state index contributed by atoms with van der Waals surface area (Å²) in [6, 6.07) is 2.55. The number of carbonyl (C=O) groups is 2. The highest BCUT2D eigenvalue weighted by Gasteiger charge is 2.21. The van der Waals surface area contributed by atoms with Gasteiger partial charge in [0.05, 0.1) is 5.02 Å². The first-order valence-electron chi connectivity index (χ1n) is 6.39. The van der Waals surface area contributed by atoms with Crippen molar-refractivity contribution in [2.24, 2.45) is 5.92 Å². The molecule has 0 saturated carbocycles. The molecular formula is C14H17ClFNO4. The van der Waals surface area contributed by atoms with Crippen molar-refractivity contribution in [3.05, 3.63) is 29.0 Å². The zero-order chi connectivity index (χ0) is 16.0. The number of hydrogen-bond donors (Lipinski definition) is 2. The average Bonchev–Trinajstić information content (AvgIpc) is 2.36. The predicted molar refractivity (Wildman–Crippen MR) is 75.9 cm³/mol. The molecule has 0 radical (unpaired) electrons. The van der Waals surface area contributed by atoms with Crippen LogP contribution >= 0.6 is 11.6 Å². The minimum atomic E-state index is -1.10. The molecule has 2 N–H and O–H groups in total. The molecule has 1 aromatic rings. The Bertz CT molecular complexity index is 522. The van der Waals surface area contributed by atoms with Crippen LogP contribution < -0.4 is 10.1 Å².